The Hall–Kier alpha value is -2.89. The van der Waals surface area contributed by atoms with E-state index in [2.05, 4.69) is 25.3 Å². The Morgan fingerprint density at radius 2 is 1.49 bits per heavy atom. The van der Waals surface area contributed by atoms with Gasteiger partial charge in [0.25, 0.3) is 11.6 Å². The number of rotatable bonds is 14. The number of ketones is 4. The first kappa shape index (κ1) is 34.6. The first-order valence-corrected chi connectivity index (χ1v) is 15.2. The number of Topliss-reactive ketones (excluding diaryl/α,β-unsaturated/α-hetero) is 2. The molecule has 0 radical (unpaired) electrons. The number of carbonyl (C=O) groups excluding carboxylic acids is 4. The standard InChI is InChI=1S/C32H40O9S2/c1-29(2,19-33)14-8-7-11-20-17-23(34)27(37)32(43,40-20)22-13-6-5-12-21(22)25-18-24(35)26(36)31(42,41-25)16-10-9-15-30(3,4)28(38)39/h5-6,12-13,17-18,33,42-43H,7-11,14-16,19H2,1-4H3,(H,38,39). The van der Waals surface area contributed by atoms with Crippen LogP contribution in [0.15, 0.2) is 42.2 Å². The highest BCUT2D eigenvalue weighted by Gasteiger charge is 2.49. The van der Waals surface area contributed by atoms with Gasteiger partial charge in [0.05, 0.1) is 5.41 Å². The fourth-order valence-corrected chi connectivity index (χ4v) is 5.68. The summed E-state index contributed by atoms with van der Waals surface area (Å²) in [6, 6.07) is 6.38. The highest BCUT2D eigenvalue weighted by Crippen LogP contribution is 2.44. The van der Waals surface area contributed by atoms with E-state index in [1.165, 1.54) is 6.08 Å². The Morgan fingerprint density at radius 3 is 2.14 bits per heavy atom. The molecule has 2 aliphatic heterocycles. The number of hydrogen-bond donors (Lipinski definition) is 4. The van der Waals surface area contributed by atoms with E-state index in [0.717, 1.165) is 18.9 Å². The maximum absolute atomic E-state index is 13.2. The number of aliphatic hydroxyl groups is 1. The van der Waals surface area contributed by atoms with Gasteiger partial charge in [0.1, 0.15) is 11.5 Å². The van der Waals surface area contributed by atoms with Crippen LogP contribution >= 0.6 is 25.3 Å². The van der Waals surface area contributed by atoms with Gasteiger partial charge in [-0.05, 0) is 44.9 Å². The van der Waals surface area contributed by atoms with Crippen LogP contribution in [0, 0.1) is 10.8 Å². The fraction of sp³-hybridized carbons (Fsp3) is 0.531. The highest BCUT2D eigenvalue weighted by atomic mass is 32.1. The van der Waals surface area contributed by atoms with Crippen LogP contribution in [0.25, 0.3) is 5.76 Å². The quantitative estimate of drug-likeness (QED) is 0.123. The third-order valence-corrected chi connectivity index (χ3v) is 8.93. The van der Waals surface area contributed by atoms with E-state index in [-0.39, 0.29) is 41.1 Å². The number of unbranched alkanes of at least 4 members (excludes halogenated alkanes) is 2. The number of aliphatic hydroxyl groups excluding tert-OH is 1. The summed E-state index contributed by atoms with van der Waals surface area (Å²) in [5.41, 5.74) is -0.786. The van der Waals surface area contributed by atoms with Crippen molar-refractivity contribution in [1.82, 2.24) is 0 Å². The summed E-state index contributed by atoms with van der Waals surface area (Å²) < 4.78 is 12.1. The number of ether oxygens (including phenoxy) is 2. The minimum Gasteiger partial charge on any atom is -0.481 e. The van der Waals surface area contributed by atoms with Crippen molar-refractivity contribution in [2.75, 3.05) is 6.61 Å². The number of allylic oxidation sites excluding steroid dienone is 3. The molecule has 234 valence electrons. The minimum absolute atomic E-state index is 0.0272. The van der Waals surface area contributed by atoms with Crippen molar-refractivity contribution in [3.63, 3.8) is 0 Å². The van der Waals surface area contributed by atoms with Gasteiger partial charge in [-0.15, -0.1) is 25.3 Å². The van der Waals surface area contributed by atoms with Crippen molar-refractivity contribution in [1.29, 1.82) is 0 Å². The van der Waals surface area contributed by atoms with E-state index in [9.17, 15) is 34.2 Å². The first-order chi connectivity index (χ1) is 20.0. The van der Waals surface area contributed by atoms with Crippen LogP contribution in [0.3, 0.4) is 0 Å². The van der Waals surface area contributed by atoms with E-state index in [1.54, 1.807) is 38.1 Å². The number of aliphatic carboxylic acids is 1. The second-order valence-electron chi connectivity index (χ2n) is 12.6. The van der Waals surface area contributed by atoms with Crippen LogP contribution < -0.4 is 0 Å². The zero-order valence-electron chi connectivity index (χ0n) is 25.0. The molecule has 1 aromatic rings. The average Bonchev–Trinajstić information content (AvgIpc) is 2.95. The lowest BCUT2D eigenvalue weighted by Gasteiger charge is -2.36. The van der Waals surface area contributed by atoms with Gasteiger partial charge in [0.2, 0.25) is 21.4 Å². The number of benzene rings is 1. The molecule has 0 aliphatic carbocycles. The molecule has 0 fully saturated rings. The molecule has 2 aliphatic rings. The lowest BCUT2D eigenvalue weighted by Crippen LogP contribution is -2.44. The maximum Gasteiger partial charge on any atom is 0.309 e. The Labute approximate surface area is 262 Å². The molecule has 2 atom stereocenters. The van der Waals surface area contributed by atoms with Crippen molar-refractivity contribution < 1.29 is 43.7 Å². The SMILES string of the molecule is CC(C)(CO)CCCCC1=CC(=O)C(=O)C(S)(c2ccccc2C2=CC(=O)C(=O)C(S)(CCCCC(C)(C)C(=O)O)O2)O1. The fourth-order valence-electron chi connectivity index (χ4n) is 4.89. The number of hydrogen-bond acceptors (Lipinski definition) is 10. The Kier molecular flexibility index (Phi) is 10.8. The molecule has 2 heterocycles. The molecule has 2 unspecified atom stereocenters. The zero-order chi connectivity index (χ0) is 32.2. The number of thiol groups is 2. The molecule has 0 aromatic heterocycles. The third kappa shape index (κ3) is 7.99. The lowest BCUT2D eigenvalue weighted by molar-refractivity contribution is -0.147. The summed E-state index contributed by atoms with van der Waals surface area (Å²) in [7, 11) is 0. The molecule has 43 heavy (non-hydrogen) atoms. The minimum atomic E-state index is -2.02. The molecule has 0 spiro atoms. The summed E-state index contributed by atoms with van der Waals surface area (Å²) >= 11 is 9.03. The number of carboxylic acid groups (broad SMARTS) is 1. The lowest BCUT2D eigenvalue weighted by atomic mass is 9.86. The Bertz CT molecular complexity index is 1360. The predicted molar refractivity (Wildman–Crippen MR) is 166 cm³/mol. The Balaban J connectivity index is 1.84. The molecule has 0 amide bonds. The summed E-state index contributed by atoms with van der Waals surface area (Å²) in [5.74, 6) is -4.06. The topological polar surface area (TPSA) is 144 Å². The molecular weight excluding hydrogens is 592 g/mol. The van der Waals surface area contributed by atoms with Crippen molar-refractivity contribution in [2.45, 2.75) is 88.9 Å². The van der Waals surface area contributed by atoms with Gasteiger partial charge >= 0.3 is 5.97 Å². The molecule has 3 rings (SSSR count). The summed E-state index contributed by atoms with van der Waals surface area (Å²) in [4.78, 5) is 59.3. The second-order valence-corrected chi connectivity index (χ2v) is 14.0. The molecule has 0 saturated heterocycles. The Morgan fingerprint density at radius 1 is 0.860 bits per heavy atom. The van der Waals surface area contributed by atoms with Gasteiger partial charge in [-0.2, -0.15) is 0 Å². The first-order valence-electron chi connectivity index (χ1n) is 14.3. The monoisotopic (exact) mass is 632 g/mol. The van der Waals surface area contributed by atoms with Gasteiger partial charge in [-0.1, -0.05) is 51.0 Å². The molecule has 11 heteroatoms. The smallest absolute Gasteiger partial charge is 0.309 e. The molecular formula is C32H40O9S2. The van der Waals surface area contributed by atoms with Crippen LogP contribution in [0.2, 0.25) is 0 Å². The van der Waals surface area contributed by atoms with Crippen molar-refractivity contribution in [3.8, 4) is 0 Å². The van der Waals surface area contributed by atoms with Gasteiger partial charge < -0.3 is 19.7 Å². The van der Waals surface area contributed by atoms with E-state index < -0.39 is 44.4 Å². The highest BCUT2D eigenvalue weighted by molar-refractivity contribution is 7.82. The summed E-state index contributed by atoms with van der Waals surface area (Å²) in [6.45, 7) is 7.20. The van der Waals surface area contributed by atoms with Gasteiger partial charge in [-0.25, -0.2) is 0 Å². The average molecular weight is 633 g/mol. The second kappa shape index (κ2) is 13.4. The molecule has 0 bridgehead atoms. The van der Waals surface area contributed by atoms with E-state index in [0.29, 0.717) is 32.1 Å². The molecule has 9 nitrogen and oxygen atoms in total. The maximum atomic E-state index is 13.2. The molecule has 2 N–H and O–H groups in total. The van der Waals surface area contributed by atoms with Gasteiger partial charge in [-0.3, -0.25) is 24.0 Å². The normalized spacial score (nSPS) is 23.0. The number of carboxylic acids is 1. The van der Waals surface area contributed by atoms with Crippen molar-refractivity contribution >= 4 is 60.1 Å². The predicted octanol–water partition coefficient (Wildman–Crippen LogP) is 5.21. The van der Waals surface area contributed by atoms with Crippen LogP contribution in [0.4, 0.5) is 0 Å². The van der Waals surface area contributed by atoms with E-state index in [4.69, 9.17) is 9.47 Å². The van der Waals surface area contributed by atoms with Crippen LogP contribution in [0.1, 0.15) is 90.2 Å². The summed E-state index contributed by atoms with van der Waals surface area (Å²) in [6.07, 6.45) is 5.95. The zero-order valence-corrected chi connectivity index (χ0v) is 26.8. The molecule has 1 aromatic carbocycles. The van der Waals surface area contributed by atoms with E-state index in [1.807, 2.05) is 13.8 Å². The number of carbonyl (C=O) groups is 5. The van der Waals surface area contributed by atoms with E-state index >= 15 is 0 Å². The van der Waals surface area contributed by atoms with Crippen molar-refractivity contribution in [3.05, 3.63) is 53.3 Å². The summed E-state index contributed by atoms with van der Waals surface area (Å²) in [5, 5.41) is 18.8. The van der Waals surface area contributed by atoms with Crippen LogP contribution in [-0.4, -0.2) is 50.9 Å². The van der Waals surface area contributed by atoms with Crippen molar-refractivity contribution in [2.24, 2.45) is 10.8 Å². The largest absolute Gasteiger partial charge is 0.481 e. The van der Waals surface area contributed by atoms with Crippen LogP contribution in [0.5, 0.6) is 0 Å². The third-order valence-electron chi connectivity index (χ3n) is 7.88. The van der Waals surface area contributed by atoms with Crippen LogP contribution in [-0.2, 0) is 38.4 Å². The van der Waals surface area contributed by atoms with Gasteiger partial charge in [0, 0.05) is 42.7 Å². The van der Waals surface area contributed by atoms with Gasteiger partial charge in [0.15, 0.2) is 0 Å². The molecule has 0 saturated carbocycles.